The van der Waals surface area contributed by atoms with E-state index in [0.29, 0.717) is 0 Å². The van der Waals surface area contributed by atoms with E-state index in [9.17, 15) is 0 Å². The van der Waals surface area contributed by atoms with Crippen LogP contribution in [0.2, 0.25) is 0 Å². The first-order valence-corrected chi connectivity index (χ1v) is 4.31. The van der Waals surface area contributed by atoms with Gasteiger partial charge in [0.25, 0.3) is 0 Å². The van der Waals surface area contributed by atoms with Crippen LogP contribution < -0.4 is 0 Å². The van der Waals surface area contributed by atoms with Gasteiger partial charge in [-0.15, -0.1) is 0 Å². The number of rotatable bonds is 4. The lowest BCUT2D eigenvalue weighted by Crippen LogP contribution is -1.97. The van der Waals surface area contributed by atoms with Crippen LogP contribution in [0.4, 0.5) is 0 Å². The van der Waals surface area contributed by atoms with Crippen molar-refractivity contribution in [1.82, 2.24) is 0 Å². The minimum atomic E-state index is 0.799. The second-order valence-corrected chi connectivity index (χ2v) is 2.76. The van der Waals surface area contributed by atoms with Gasteiger partial charge in [-0.2, -0.15) is 0 Å². The highest BCUT2D eigenvalue weighted by Crippen LogP contribution is 2.03. The predicted octanol–water partition coefficient (Wildman–Crippen LogP) is 2.45. The third-order valence-electron chi connectivity index (χ3n) is 1.76. The van der Waals surface area contributed by atoms with Crippen LogP contribution in [0.5, 0.6) is 0 Å². The molecule has 1 nitrogen and oxygen atoms in total. The van der Waals surface area contributed by atoms with Crippen molar-refractivity contribution in [2.75, 3.05) is 13.2 Å². The van der Waals surface area contributed by atoms with Crippen LogP contribution in [-0.4, -0.2) is 13.2 Å². The average Bonchev–Trinajstić information content (AvgIpc) is 2.09. The van der Waals surface area contributed by atoms with Gasteiger partial charge in [0.1, 0.15) is 0 Å². The summed E-state index contributed by atoms with van der Waals surface area (Å²) in [5.41, 5.74) is 2.38. The van der Waals surface area contributed by atoms with Gasteiger partial charge in [0, 0.05) is 6.61 Å². The Bertz CT molecular complexity index is 213. The number of hydrogen-bond donors (Lipinski definition) is 0. The van der Waals surface area contributed by atoms with Crippen LogP contribution in [0.25, 0.3) is 0 Å². The Hall–Kier alpha value is -0.820. The Labute approximate surface area is 74.4 Å². The Morgan fingerprint density at radius 1 is 1.25 bits per heavy atom. The molecule has 0 aliphatic rings. The van der Waals surface area contributed by atoms with Crippen molar-refractivity contribution in [2.24, 2.45) is 0 Å². The fourth-order valence-electron chi connectivity index (χ4n) is 1.04. The summed E-state index contributed by atoms with van der Waals surface area (Å²) < 4.78 is 5.25. The van der Waals surface area contributed by atoms with Crippen molar-refractivity contribution in [3.8, 4) is 0 Å². The highest BCUT2D eigenvalue weighted by atomic mass is 16.5. The van der Waals surface area contributed by atoms with Gasteiger partial charge in [-0.1, -0.05) is 24.3 Å². The third kappa shape index (κ3) is 3.05. The maximum absolute atomic E-state index is 5.25. The van der Waals surface area contributed by atoms with Crippen molar-refractivity contribution >= 4 is 0 Å². The molecule has 0 aliphatic heterocycles. The van der Waals surface area contributed by atoms with Crippen LogP contribution >= 0.6 is 0 Å². The van der Waals surface area contributed by atoms with Gasteiger partial charge in [0.2, 0.25) is 0 Å². The summed E-state index contributed by atoms with van der Waals surface area (Å²) in [6, 6.07) is 8.26. The molecular weight excluding hydrogens is 148 g/mol. The second-order valence-electron chi connectivity index (χ2n) is 2.76. The van der Waals surface area contributed by atoms with E-state index in [0.717, 1.165) is 25.2 Å². The second kappa shape index (κ2) is 4.94. The summed E-state index contributed by atoms with van der Waals surface area (Å²) in [6.45, 7) is 7.45. The largest absolute Gasteiger partial charge is 0.381 e. The maximum atomic E-state index is 5.25. The summed E-state index contributed by atoms with van der Waals surface area (Å²) in [4.78, 5) is 0. The first-order valence-electron chi connectivity index (χ1n) is 4.31. The Balaban J connectivity index is 2.37. The van der Waals surface area contributed by atoms with E-state index in [-0.39, 0.29) is 0 Å². The van der Waals surface area contributed by atoms with Gasteiger partial charge >= 0.3 is 0 Å². The lowest BCUT2D eigenvalue weighted by atomic mass is 10.1. The first kappa shape index (κ1) is 9.27. The van der Waals surface area contributed by atoms with Gasteiger partial charge < -0.3 is 4.74 Å². The van der Waals surface area contributed by atoms with Gasteiger partial charge in [0.05, 0.1) is 6.61 Å². The topological polar surface area (TPSA) is 9.23 Å². The Morgan fingerprint density at radius 2 is 1.92 bits per heavy atom. The highest BCUT2D eigenvalue weighted by molar-refractivity contribution is 5.24. The molecule has 0 aromatic heterocycles. The first-order chi connectivity index (χ1) is 5.83. The summed E-state index contributed by atoms with van der Waals surface area (Å²) in [7, 11) is 0. The van der Waals surface area contributed by atoms with Crippen LogP contribution in [0, 0.1) is 6.92 Å². The zero-order chi connectivity index (χ0) is 8.81. The lowest BCUT2D eigenvalue weighted by molar-refractivity contribution is 0.151. The van der Waals surface area contributed by atoms with E-state index in [1.54, 1.807) is 0 Å². The van der Waals surface area contributed by atoms with Crippen LogP contribution in [-0.2, 0) is 11.2 Å². The molecule has 0 spiro atoms. The standard InChI is InChI=1S/C11H15O/c1-3-12-9-8-11-6-4-10(2)5-7-11/h4-7H,2-3,8-9H2,1H3. The molecule has 1 heteroatoms. The van der Waals surface area contributed by atoms with Crippen LogP contribution in [0.3, 0.4) is 0 Å². The molecule has 0 unspecified atom stereocenters. The van der Waals surface area contributed by atoms with Crippen LogP contribution in [0.15, 0.2) is 24.3 Å². The molecule has 0 aliphatic carbocycles. The number of ether oxygens (including phenoxy) is 1. The molecule has 0 fully saturated rings. The molecule has 1 radical (unpaired) electrons. The Morgan fingerprint density at radius 3 is 2.50 bits per heavy atom. The van der Waals surface area contributed by atoms with Crippen molar-refractivity contribution in [1.29, 1.82) is 0 Å². The molecular formula is C11H15O. The SMILES string of the molecule is [CH2]c1ccc(CCOCC)cc1. The number of benzene rings is 1. The fraction of sp³-hybridized carbons (Fsp3) is 0.364. The van der Waals surface area contributed by atoms with Crippen molar-refractivity contribution in [3.63, 3.8) is 0 Å². The number of hydrogen-bond acceptors (Lipinski definition) is 1. The van der Waals surface area contributed by atoms with E-state index in [2.05, 4.69) is 19.1 Å². The summed E-state index contributed by atoms with van der Waals surface area (Å²) >= 11 is 0. The predicted molar refractivity (Wildman–Crippen MR) is 51.1 cm³/mol. The van der Waals surface area contributed by atoms with Gasteiger partial charge in [-0.05, 0) is 31.4 Å². The van der Waals surface area contributed by atoms with Crippen molar-refractivity contribution < 1.29 is 4.74 Å². The molecule has 65 valence electrons. The molecule has 1 aromatic rings. The maximum Gasteiger partial charge on any atom is 0.0506 e. The molecule has 0 saturated heterocycles. The van der Waals surface area contributed by atoms with Gasteiger partial charge in [0.15, 0.2) is 0 Å². The lowest BCUT2D eigenvalue weighted by Gasteiger charge is -2.01. The molecule has 0 saturated carbocycles. The average molecular weight is 163 g/mol. The minimum absolute atomic E-state index is 0.799. The van der Waals surface area contributed by atoms with Crippen molar-refractivity contribution in [3.05, 3.63) is 42.3 Å². The Kier molecular flexibility index (Phi) is 3.81. The molecule has 0 amide bonds. The van der Waals surface area contributed by atoms with E-state index in [1.807, 2.05) is 19.1 Å². The summed E-state index contributed by atoms with van der Waals surface area (Å²) in [5, 5.41) is 0. The minimum Gasteiger partial charge on any atom is -0.381 e. The van der Waals surface area contributed by atoms with Crippen molar-refractivity contribution in [2.45, 2.75) is 13.3 Å². The molecule has 0 atom stereocenters. The normalized spacial score (nSPS) is 10.2. The fourth-order valence-corrected chi connectivity index (χ4v) is 1.04. The van der Waals surface area contributed by atoms with Crippen LogP contribution in [0.1, 0.15) is 18.1 Å². The molecule has 1 aromatic carbocycles. The van der Waals surface area contributed by atoms with E-state index < -0.39 is 0 Å². The third-order valence-corrected chi connectivity index (χ3v) is 1.76. The molecule has 1 rings (SSSR count). The van der Waals surface area contributed by atoms with E-state index in [4.69, 9.17) is 4.74 Å². The summed E-state index contributed by atoms with van der Waals surface area (Å²) in [6.07, 6.45) is 0.994. The zero-order valence-electron chi connectivity index (χ0n) is 7.55. The molecule has 0 bridgehead atoms. The molecule has 12 heavy (non-hydrogen) atoms. The monoisotopic (exact) mass is 163 g/mol. The smallest absolute Gasteiger partial charge is 0.0506 e. The summed E-state index contributed by atoms with van der Waals surface area (Å²) in [5.74, 6) is 0. The van der Waals surface area contributed by atoms with E-state index >= 15 is 0 Å². The molecule has 0 heterocycles. The highest BCUT2D eigenvalue weighted by Gasteiger charge is 1.91. The van der Waals surface area contributed by atoms with Gasteiger partial charge in [-0.3, -0.25) is 0 Å². The van der Waals surface area contributed by atoms with E-state index in [1.165, 1.54) is 5.56 Å². The van der Waals surface area contributed by atoms with Gasteiger partial charge in [-0.25, -0.2) is 0 Å². The molecule has 0 N–H and O–H groups in total. The quantitative estimate of drug-likeness (QED) is 0.619. The zero-order valence-corrected chi connectivity index (χ0v) is 7.55.